The second kappa shape index (κ2) is 7.11. The number of anilines is 2. The monoisotopic (exact) mass is 455 g/mol. The lowest BCUT2D eigenvalue weighted by molar-refractivity contribution is 1.18. The molecule has 0 saturated heterocycles. The second-order valence-corrected chi connectivity index (χ2v) is 9.80. The van der Waals surface area contributed by atoms with Crippen molar-refractivity contribution in [3.63, 3.8) is 0 Å². The predicted molar refractivity (Wildman–Crippen MR) is 148 cm³/mol. The zero-order chi connectivity index (χ0) is 22.8. The molecule has 34 heavy (non-hydrogen) atoms. The number of aromatic nitrogens is 1. The summed E-state index contributed by atoms with van der Waals surface area (Å²) >= 11 is 1.80. The lowest BCUT2D eigenvalue weighted by atomic mass is 10.00. The molecule has 4 N–H and O–H groups in total. The zero-order valence-corrected chi connectivity index (χ0v) is 19.1. The van der Waals surface area contributed by atoms with Crippen molar-refractivity contribution in [2.45, 2.75) is 0 Å². The molecule has 0 amide bonds. The molecule has 0 bridgehead atoms. The maximum atomic E-state index is 6.32. The smallest absolute Gasteiger partial charge is 0.0542 e. The lowest BCUT2D eigenvalue weighted by Gasteiger charge is -2.15. The molecular weight excluding hydrogens is 434 g/mol. The van der Waals surface area contributed by atoms with E-state index in [4.69, 9.17) is 11.5 Å². The maximum absolute atomic E-state index is 6.32. The molecule has 0 atom stereocenters. The number of hydrogen-bond acceptors (Lipinski definition) is 3. The average Bonchev–Trinajstić information content (AvgIpc) is 3.39. The molecule has 0 unspecified atom stereocenters. The fourth-order valence-corrected chi connectivity index (χ4v) is 6.19. The van der Waals surface area contributed by atoms with Crippen LogP contribution in [-0.4, -0.2) is 4.57 Å². The Morgan fingerprint density at radius 1 is 0.529 bits per heavy atom. The van der Waals surface area contributed by atoms with Gasteiger partial charge in [0.15, 0.2) is 0 Å². The Morgan fingerprint density at radius 3 is 1.85 bits per heavy atom. The van der Waals surface area contributed by atoms with Gasteiger partial charge in [-0.15, -0.1) is 11.3 Å². The summed E-state index contributed by atoms with van der Waals surface area (Å²) in [4.78, 5) is 0. The van der Waals surface area contributed by atoms with Crippen LogP contribution in [0.5, 0.6) is 0 Å². The Hall–Kier alpha value is -4.28. The first-order chi connectivity index (χ1) is 16.7. The molecule has 0 aliphatic heterocycles. The number of thiophene rings is 1. The minimum Gasteiger partial charge on any atom is -0.399 e. The topological polar surface area (TPSA) is 57.0 Å². The van der Waals surface area contributed by atoms with Crippen molar-refractivity contribution in [2.24, 2.45) is 0 Å². The van der Waals surface area contributed by atoms with Crippen molar-refractivity contribution in [1.82, 2.24) is 4.57 Å². The van der Waals surface area contributed by atoms with Gasteiger partial charge in [-0.25, -0.2) is 0 Å². The van der Waals surface area contributed by atoms with Crippen LogP contribution >= 0.6 is 11.3 Å². The summed E-state index contributed by atoms with van der Waals surface area (Å²) < 4.78 is 4.86. The summed E-state index contributed by atoms with van der Waals surface area (Å²) in [6.45, 7) is 0. The van der Waals surface area contributed by atoms with Gasteiger partial charge in [0.05, 0.1) is 16.7 Å². The summed E-state index contributed by atoms with van der Waals surface area (Å²) in [7, 11) is 0. The van der Waals surface area contributed by atoms with Gasteiger partial charge in [-0.05, 0) is 66.2 Å². The van der Waals surface area contributed by atoms with Crippen LogP contribution in [-0.2, 0) is 0 Å². The number of benzene rings is 5. The van der Waals surface area contributed by atoms with Crippen molar-refractivity contribution in [3.8, 4) is 16.8 Å². The quantitative estimate of drug-likeness (QED) is 0.260. The molecule has 5 aromatic carbocycles. The normalized spacial score (nSPS) is 11.8. The standard InChI is InChI=1S/C30H21N3S/c31-19-10-12-28(33-26-7-3-1-5-21(26)22-6-2-4-8-27(22)33)23(16-19)18-9-13-29-24(15-18)25-17-20(32)11-14-30(25)34-29/h1-17H,31-32H2. The Morgan fingerprint density at radius 2 is 1.12 bits per heavy atom. The predicted octanol–water partition coefficient (Wildman–Crippen LogP) is 7.98. The lowest BCUT2D eigenvalue weighted by Crippen LogP contribution is -1.98. The van der Waals surface area contributed by atoms with E-state index in [0.29, 0.717) is 0 Å². The Bertz CT molecular complexity index is 1840. The third kappa shape index (κ3) is 2.76. The fourth-order valence-electron chi connectivity index (χ4n) is 5.12. The van der Waals surface area contributed by atoms with Crippen LogP contribution in [0.15, 0.2) is 103 Å². The van der Waals surface area contributed by atoms with E-state index < -0.39 is 0 Å². The first-order valence-electron chi connectivity index (χ1n) is 11.3. The van der Waals surface area contributed by atoms with Crippen LogP contribution in [0.25, 0.3) is 58.8 Å². The number of fused-ring (bicyclic) bond motifs is 6. The Balaban J connectivity index is 1.55. The summed E-state index contributed by atoms with van der Waals surface area (Å²) in [5.74, 6) is 0. The van der Waals surface area contributed by atoms with Crippen LogP contribution in [0.2, 0.25) is 0 Å². The highest BCUT2D eigenvalue weighted by atomic mass is 32.1. The van der Waals surface area contributed by atoms with E-state index in [9.17, 15) is 0 Å². The van der Waals surface area contributed by atoms with Crippen LogP contribution in [0.4, 0.5) is 11.4 Å². The van der Waals surface area contributed by atoms with Crippen molar-refractivity contribution in [3.05, 3.63) is 103 Å². The first-order valence-corrected chi connectivity index (χ1v) is 12.1. The number of nitrogens with zero attached hydrogens (tertiary/aromatic N) is 1. The third-order valence-corrected chi connectivity index (χ3v) is 7.80. The molecule has 0 spiro atoms. The fraction of sp³-hybridized carbons (Fsp3) is 0. The molecule has 2 heterocycles. The molecule has 0 radical (unpaired) electrons. The highest BCUT2D eigenvalue weighted by Gasteiger charge is 2.16. The van der Waals surface area contributed by atoms with E-state index in [1.54, 1.807) is 11.3 Å². The van der Waals surface area contributed by atoms with Crippen molar-refractivity contribution < 1.29 is 0 Å². The van der Waals surface area contributed by atoms with Crippen molar-refractivity contribution in [2.75, 3.05) is 11.5 Å². The number of para-hydroxylation sites is 2. The first kappa shape index (κ1) is 19.2. The van der Waals surface area contributed by atoms with Gasteiger partial charge < -0.3 is 16.0 Å². The summed E-state index contributed by atoms with van der Waals surface area (Å²) in [6, 6.07) is 36.2. The largest absolute Gasteiger partial charge is 0.399 e. The van der Waals surface area contributed by atoms with Crippen LogP contribution in [0.3, 0.4) is 0 Å². The van der Waals surface area contributed by atoms with E-state index in [-0.39, 0.29) is 0 Å². The van der Waals surface area contributed by atoms with Crippen LogP contribution in [0, 0.1) is 0 Å². The zero-order valence-electron chi connectivity index (χ0n) is 18.3. The number of hydrogen-bond donors (Lipinski definition) is 2. The van der Waals surface area contributed by atoms with Crippen molar-refractivity contribution in [1.29, 1.82) is 0 Å². The summed E-state index contributed by atoms with van der Waals surface area (Å²) in [5, 5.41) is 4.91. The molecule has 0 aliphatic rings. The van der Waals surface area contributed by atoms with Gasteiger partial charge in [-0.1, -0.05) is 42.5 Å². The van der Waals surface area contributed by atoms with E-state index in [0.717, 1.165) is 28.2 Å². The number of nitrogen functional groups attached to an aromatic ring is 2. The maximum Gasteiger partial charge on any atom is 0.0542 e. The van der Waals surface area contributed by atoms with Gasteiger partial charge in [-0.3, -0.25) is 0 Å². The van der Waals surface area contributed by atoms with Gasteiger partial charge in [0, 0.05) is 47.9 Å². The molecule has 162 valence electrons. The molecule has 7 rings (SSSR count). The molecule has 2 aromatic heterocycles. The Kier molecular flexibility index (Phi) is 4.02. The SMILES string of the molecule is Nc1ccc(-n2c3ccccc3c3ccccc32)c(-c2ccc3sc4ccc(N)cc4c3c2)c1. The van der Waals surface area contributed by atoms with Gasteiger partial charge in [-0.2, -0.15) is 0 Å². The number of rotatable bonds is 2. The summed E-state index contributed by atoms with van der Waals surface area (Å²) in [5.41, 5.74) is 19.7. The molecule has 0 fully saturated rings. The summed E-state index contributed by atoms with van der Waals surface area (Å²) in [6.07, 6.45) is 0. The Labute approximate surface area is 200 Å². The molecule has 7 aromatic rings. The second-order valence-electron chi connectivity index (χ2n) is 8.71. The molecule has 0 saturated carbocycles. The van der Waals surface area contributed by atoms with Gasteiger partial charge >= 0.3 is 0 Å². The highest BCUT2D eigenvalue weighted by molar-refractivity contribution is 7.25. The van der Waals surface area contributed by atoms with E-state index in [2.05, 4.69) is 95.6 Å². The molecule has 4 heteroatoms. The molecule has 3 nitrogen and oxygen atoms in total. The number of nitrogens with two attached hydrogens (primary N) is 2. The van der Waals surface area contributed by atoms with E-state index >= 15 is 0 Å². The molecule has 0 aliphatic carbocycles. The average molecular weight is 456 g/mol. The van der Waals surface area contributed by atoms with Gasteiger partial charge in [0.1, 0.15) is 0 Å². The van der Waals surface area contributed by atoms with Crippen LogP contribution < -0.4 is 11.5 Å². The van der Waals surface area contributed by atoms with E-state index in [1.807, 2.05) is 12.1 Å². The minimum absolute atomic E-state index is 0.749. The highest BCUT2D eigenvalue weighted by Crippen LogP contribution is 2.40. The minimum atomic E-state index is 0.749. The van der Waals surface area contributed by atoms with Crippen LogP contribution in [0.1, 0.15) is 0 Å². The van der Waals surface area contributed by atoms with Crippen molar-refractivity contribution >= 4 is 64.7 Å². The third-order valence-electron chi connectivity index (χ3n) is 6.65. The van der Waals surface area contributed by atoms with E-state index in [1.165, 1.54) is 42.0 Å². The molecular formula is C30H21N3S. The van der Waals surface area contributed by atoms with Gasteiger partial charge in [0.2, 0.25) is 0 Å². The van der Waals surface area contributed by atoms with Gasteiger partial charge in [0.25, 0.3) is 0 Å².